The third-order valence-corrected chi connectivity index (χ3v) is 3.61. The number of furan rings is 1. The van der Waals surface area contributed by atoms with Crippen LogP contribution in [-0.4, -0.2) is 6.54 Å². The highest BCUT2D eigenvalue weighted by molar-refractivity contribution is 9.10. The second kappa shape index (κ2) is 5.72. The van der Waals surface area contributed by atoms with Crippen LogP contribution in [0.15, 0.2) is 39.2 Å². The van der Waals surface area contributed by atoms with Crippen molar-refractivity contribution in [1.29, 1.82) is 0 Å². The van der Waals surface area contributed by atoms with Gasteiger partial charge >= 0.3 is 0 Å². The zero-order chi connectivity index (χ0) is 13.1. The molecule has 1 atom stereocenters. The van der Waals surface area contributed by atoms with Crippen molar-refractivity contribution < 1.29 is 4.42 Å². The van der Waals surface area contributed by atoms with Crippen molar-refractivity contribution in [2.24, 2.45) is 0 Å². The van der Waals surface area contributed by atoms with E-state index in [4.69, 9.17) is 4.42 Å². The molecule has 0 fully saturated rings. The van der Waals surface area contributed by atoms with Gasteiger partial charge in [-0.05, 0) is 50.2 Å². The van der Waals surface area contributed by atoms with Gasteiger partial charge in [-0.25, -0.2) is 0 Å². The van der Waals surface area contributed by atoms with Crippen LogP contribution in [-0.2, 0) is 0 Å². The molecule has 1 aromatic heterocycles. The molecule has 0 radical (unpaired) electrons. The van der Waals surface area contributed by atoms with Crippen LogP contribution < -0.4 is 5.32 Å². The first-order valence-electron chi connectivity index (χ1n) is 6.21. The normalized spacial score (nSPS) is 12.7. The maximum absolute atomic E-state index is 5.91. The molecule has 0 bridgehead atoms. The molecule has 1 aromatic carbocycles. The molecule has 0 saturated carbocycles. The lowest BCUT2D eigenvalue weighted by atomic mass is 10.1. The first-order chi connectivity index (χ1) is 8.61. The Morgan fingerprint density at radius 2 is 2.06 bits per heavy atom. The SMILES string of the molecule is CCNC(C)c1ccc(-c2ccc(C)cc2Br)o1. The number of benzene rings is 1. The molecule has 1 unspecified atom stereocenters. The molecule has 0 aliphatic rings. The first kappa shape index (κ1) is 13.4. The standard InChI is InChI=1S/C15H18BrNO/c1-4-17-11(3)14-7-8-15(18-14)12-6-5-10(2)9-13(12)16/h5-9,11,17H,4H2,1-3H3. The summed E-state index contributed by atoms with van der Waals surface area (Å²) < 4.78 is 6.98. The van der Waals surface area contributed by atoms with Gasteiger partial charge in [0.05, 0.1) is 6.04 Å². The summed E-state index contributed by atoms with van der Waals surface area (Å²) in [5.41, 5.74) is 2.33. The molecule has 18 heavy (non-hydrogen) atoms. The predicted octanol–water partition coefficient (Wildman–Crippen LogP) is 4.69. The number of aryl methyl sites for hydroxylation is 1. The summed E-state index contributed by atoms with van der Waals surface area (Å²) in [6, 6.07) is 10.6. The zero-order valence-electron chi connectivity index (χ0n) is 11.0. The number of nitrogens with one attached hydrogen (secondary N) is 1. The van der Waals surface area contributed by atoms with Gasteiger partial charge in [0.2, 0.25) is 0 Å². The van der Waals surface area contributed by atoms with E-state index < -0.39 is 0 Å². The smallest absolute Gasteiger partial charge is 0.135 e. The summed E-state index contributed by atoms with van der Waals surface area (Å²) in [6.07, 6.45) is 0. The van der Waals surface area contributed by atoms with Crippen LogP contribution >= 0.6 is 15.9 Å². The molecule has 0 aliphatic heterocycles. The van der Waals surface area contributed by atoms with Crippen molar-refractivity contribution in [2.75, 3.05) is 6.54 Å². The van der Waals surface area contributed by atoms with Crippen molar-refractivity contribution in [3.05, 3.63) is 46.1 Å². The maximum Gasteiger partial charge on any atom is 0.135 e. The molecule has 0 spiro atoms. The lowest BCUT2D eigenvalue weighted by molar-refractivity contribution is 0.445. The Hall–Kier alpha value is -1.06. The molecule has 3 heteroatoms. The number of hydrogen-bond donors (Lipinski definition) is 1. The van der Waals surface area contributed by atoms with E-state index in [0.717, 1.165) is 28.1 Å². The van der Waals surface area contributed by atoms with E-state index in [1.54, 1.807) is 0 Å². The highest BCUT2D eigenvalue weighted by Gasteiger charge is 2.12. The first-order valence-corrected chi connectivity index (χ1v) is 7.00. The van der Waals surface area contributed by atoms with Crippen LogP contribution in [0, 0.1) is 6.92 Å². The summed E-state index contributed by atoms with van der Waals surface area (Å²) in [6.45, 7) is 7.22. The molecular weight excluding hydrogens is 290 g/mol. The summed E-state index contributed by atoms with van der Waals surface area (Å²) in [5.74, 6) is 1.88. The Morgan fingerprint density at radius 1 is 1.28 bits per heavy atom. The summed E-state index contributed by atoms with van der Waals surface area (Å²) in [7, 11) is 0. The second-order valence-electron chi connectivity index (χ2n) is 4.46. The van der Waals surface area contributed by atoms with Gasteiger partial charge in [-0.3, -0.25) is 0 Å². The highest BCUT2D eigenvalue weighted by atomic mass is 79.9. The fourth-order valence-electron chi connectivity index (χ4n) is 1.96. The van der Waals surface area contributed by atoms with E-state index in [1.807, 2.05) is 12.1 Å². The molecule has 2 rings (SSSR count). The van der Waals surface area contributed by atoms with Crippen molar-refractivity contribution >= 4 is 15.9 Å². The van der Waals surface area contributed by atoms with Gasteiger partial charge in [-0.1, -0.05) is 28.9 Å². The molecule has 1 heterocycles. The number of halogens is 1. The van der Waals surface area contributed by atoms with Gasteiger partial charge < -0.3 is 9.73 Å². The van der Waals surface area contributed by atoms with Gasteiger partial charge in [0.15, 0.2) is 0 Å². The van der Waals surface area contributed by atoms with Gasteiger partial charge in [0, 0.05) is 10.0 Å². The minimum absolute atomic E-state index is 0.243. The zero-order valence-corrected chi connectivity index (χ0v) is 12.5. The Labute approximate surface area is 117 Å². The number of rotatable bonds is 4. The summed E-state index contributed by atoms with van der Waals surface area (Å²) >= 11 is 3.59. The minimum atomic E-state index is 0.243. The Balaban J connectivity index is 2.29. The monoisotopic (exact) mass is 307 g/mol. The van der Waals surface area contributed by atoms with Crippen LogP contribution in [0.3, 0.4) is 0 Å². The largest absolute Gasteiger partial charge is 0.459 e. The van der Waals surface area contributed by atoms with Crippen molar-refractivity contribution in [2.45, 2.75) is 26.8 Å². The van der Waals surface area contributed by atoms with E-state index in [0.29, 0.717) is 0 Å². The van der Waals surface area contributed by atoms with Crippen LogP contribution in [0.25, 0.3) is 11.3 Å². The van der Waals surface area contributed by atoms with Crippen LogP contribution in [0.1, 0.15) is 31.2 Å². The Kier molecular flexibility index (Phi) is 4.25. The van der Waals surface area contributed by atoms with Gasteiger partial charge in [0.25, 0.3) is 0 Å². The maximum atomic E-state index is 5.91. The summed E-state index contributed by atoms with van der Waals surface area (Å²) in [5, 5.41) is 3.34. The molecule has 2 nitrogen and oxygen atoms in total. The lowest BCUT2D eigenvalue weighted by Gasteiger charge is -2.08. The molecular formula is C15H18BrNO. The van der Waals surface area contributed by atoms with Crippen molar-refractivity contribution in [3.8, 4) is 11.3 Å². The van der Waals surface area contributed by atoms with Crippen LogP contribution in [0.2, 0.25) is 0 Å². The molecule has 0 amide bonds. The summed E-state index contributed by atoms with van der Waals surface area (Å²) in [4.78, 5) is 0. The van der Waals surface area contributed by atoms with E-state index >= 15 is 0 Å². The third-order valence-electron chi connectivity index (χ3n) is 2.95. The minimum Gasteiger partial charge on any atom is -0.459 e. The Morgan fingerprint density at radius 3 is 2.72 bits per heavy atom. The lowest BCUT2D eigenvalue weighted by Crippen LogP contribution is -2.16. The molecule has 96 valence electrons. The second-order valence-corrected chi connectivity index (χ2v) is 5.32. The van der Waals surface area contributed by atoms with Crippen LogP contribution in [0.4, 0.5) is 0 Å². The van der Waals surface area contributed by atoms with Gasteiger partial charge in [0.1, 0.15) is 11.5 Å². The average Bonchev–Trinajstić information content (AvgIpc) is 2.78. The fourth-order valence-corrected chi connectivity index (χ4v) is 2.65. The quantitative estimate of drug-likeness (QED) is 0.886. The van der Waals surface area contributed by atoms with Gasteiger partial charge in [-0.2, -0.15) is 0 Å². The highest BCUT2D eigenvalue weighted by Crippen LogP contribution is 2.31. The predicted molar refractivity (Wildman–Crippen MR) is 78.7 cm³/mol. The molecule has 1 N–H and O–H groups in total. The van der Waals surface area contributed by atoms with Crippen LogP contribution in [0.5, 0.6) is 0 Å². The van der Waals surface area contributed by atoms with E-state index in [2.05, 4.69) is 60.2 Å². The van der Waals surface area contributed by atoms with Crippen molar-refractivity contribution in [3.63, 3.8) is 0 Å². The topological polar surface area (TPSA) is 25.2 Å². The van der Waals surface area contributed by atoms with E-state index in [-0.39, 0.29) is 6.04 Å². The van der Waals surface area contributed by atoms with Crippen molar-refractivity contribution in [1.82, 2.24) is 5.32 Å². The van der Waals surface area contributed by atoms with Gasteiger partial charge in [-0.15, -0.1) is 0 Å². The molecule has 0 saturated heterocycles. The Bertz CT molecular complexity index is 533. The average molecular weight is 308 g/mol. The third kappa shape index (κ3) is 2.85. The van der Waals surface area contributed by atoms with E-state index in [1.165, 1.54) is 5.56 Å². The molecule has 0 aliphatic carbocycles. The fraction of sp³-hybridized carbons (Fsp3) is 0.333. The number of hydrogen-bond acceptors (Lipinski definition) is 2. The van der Waals surface area contributed by atoms with E-state index in [9.17, 15) is 0 Å². The molecule has 2 aromatic rings.